The molecule has 1 saturated heterocycles. The molecule has 0 unspecified atom stereocenters. The first-order valence-electron chi connectivity index (χ1n) is 6.72. The van der Waals surface area contributed by atoms with Gasteiger partial charge < -0.3 is 4.74 Å². The second-order valence-corrected chi connectivity index (χ2v) is 7.12. The van der Waals surface area contributed by atoms with Crippen LogP contribution in [0.5, 0.6) is 0 Å². The highest BCUT2D eigenvalue weighted by molar-refractivity contribution is 7.85. The Balaban J connectivity index is 2.17. The fourth-order valence-corrected chi connectivity index (χ4v) is 4.30. The molecule has 1 fully saturated rings. The molecule has 4 nitrogen and oxygen atoms in total. The molecule has 0 aliphatic carbocycles. The maximum absolute atomic E-state index is 11.5. The Bertz CT molecular complexity index is 690. The molecule has 20 heavy (non-hydrogen) atoms. The second kappa shape index (κ2) is 4.41. The van der Waals surface area contributed by atoms with E-state index in [9.17, 15) is 13.0 Å². The molecule has 0 spiro atoms. The third-order valence-electron chi connectivity index (χ3n) is 4.54. The van der Waals surface area contributed by atoms with Gasteiger partial charge in [-0.3, -0.25) is 4.55 Å². The van der Waals surface area contributed by atoms with Crippen molar-refractivity contribution in [2.75, 3.05) is 0 Å². The lowest BCUT2D eigenvalue weighted by atomic mass is 9.76. The summed E-state index contributed by atoms with van der Waals surface area (Å²) in [5.74, 6) is 0.450. The molecular weight excluding hydrogens is 276 g/mol. The number of hydrogen-bond acceptors (Lipinski definition) is 3. The third kappa shape index (κ3) is 1.92. The van der Waals surface area contributed by atoms with Crippen LogP contribution in [0.1, 0.15) is 29.5 Å². The van der Waals surface area contributed by atoms with E-state index in [1.165, 1.54) is 6.07 Å². The summed E-state index contributed by atoms with van der Waals surface area (Å²) in [6.45, 7) is 5.85. The lowest BCUT2D eigenvalue weighted by Crippen LogP contribution is -2.22. The average molecular weight is 294 g/mol. The van der Waals surface area contributed by atoms with Crippen molar-refractivity contribution in [3.8, 4) is 0 Å². The van der Waals surface area contributed by atoms with E-state index in [0.29, 0.717) is 11.5 Å². The minimum atomic E-state index is -4.19. The Kier molecular flexibility index (Phi) is 3.04. The summed E-state index contributed by atoms with van der Waals surface area (Å²) in [5.41, 5.74) is 2.66. The van der Waals surface area contributed by atoms with E-state index in [1.54, 1.807) is 13.0 Å². The standard InChI is InChI=1S/C15H18O4S/c1-8-4-7-13(20(16,17)18)10(3)14(8)15-9(2)11-5-6-12(15)19-11/h4-7,9,11-12,15H,1-3H3,(H,16,17,18)/t9-,11-,12+,15-/m0/s1. The third-order valence-corrected chi connectivity index (χ3v) is 5.54. The van der Waals surface area contributed by atoms with Crippen LogP contribution in [0.3, 0.4) is 0 Å². The lowest BCUT2D eigenvalue weighted by molar-refractivity contribution is 0.108. The van der Waals surface area contributed by atoms with Gasteiger partial charge in [0.25, 0.3) is 10.1 Å². The summed E-state index contributed by atoms with van der Waals surface area (Å²) < 4.78 is 38.2. The Labute approximate surface area is 119 Å². The number of hydrogen-bond donors (Lipinski definition) is 1. The summed E-state index contributed by atoms with van der Waals surface area (Å²) in [6, 6.07) is 3.23. The van der Waals surface area contributed by atoms with E-state index in [-0.39, 0.29) is 23.0 Å². The normalized spacial score (nSPS) is 32.0. The fraction of sp³-hybridized carbons (Fsp3) is 0.467. The van der Waals surface area contributed by atoms with Crippen molar-refractivity contribution in [2.24, 2.45) is 5.92 Å². The Morgan fingerprint density at radius 3 is 2.35 bits per heavy atom. The molecule has 1 aromatic carbocycles. The fourth-order valence-electron chi connectivity index (χ4n) is 3.56. The molecule has 0 aromatic heterocycles. The topological polar surface area (TPSA) is 63.6 Å². The van der Waals surface area contributed by atoms with Crippen molar-refractivity contribution in [2.45, 2.75) is 43.8 Å². The summed E-state index contributed by atoms with van der Waals surface area (Å²) >= 11 is 0. The number of fused-ring (bicyclic) bond motifs is 2. The molecule has 0 saturated carbocycles. The van der Waals surface area contributed by atoms with E-state index in [0.717, 1.165) is 11.1 Å². The smallest absolute Gasteiger partial charge is 0.294 e. The molecule has 4 atom stereocenters. The van der Waals surface area contributed by atoms with E-state index in [2.05, 4.69) is 13.0 Å². The molecule has 3 rings (SSSR count). The molecule has 0 amide bonds. The molecule has 2 aliphatic rings. The molecule has 2 bridgehead atoms. The van der Waals surface area contributed by atoms with Crippen LogP contribution in [-0.4, -0.2) is 25.2 Å². The molecule has 2 aliphatic heterocycles. The zero-order valence-electron chi connectivity index (χ0n) is 11.7. The van der Waals surface area contributed by atoms with Crippen molar-refractivity contribution in [3.63, 3.8) is 0 Å². The minimum absolute atomic E-state index is 0.00273. The molecule has 108 valence electrons. The quantitative estimate of drug-likeness (QED) is 0.672. The summed E-state index contributed by atoms with van der Waals surface area (Å²) in [7, 11) is -4.19. The highest BCUT2D eigenvalue weighted by Gasteiger charge is 2.45. The van der Waals surface area contributed by atoms with Gasteiger partial charge in [0, 0.05) is 5.92 Å². The zero-order chi connectivity index (χ0) is 14.7. The highest BCUT2D eigenvalue weighted by Crippen LogP contribution is 2.47. The van der Waals surface area contributed by atoms with Crippen molar-refractivity contribution in [1.29, 1.82) is 0 Å². The van der Waals surface area contributed by atoms with Crippen LogP contribution >= 0.6 is 0 Å². The predicted molar refractivity (Wildman–Crippen MR) is 75.4 cm³/mol. The Morgan fingerprint density at radius 1 is 1.15 bits per heavy atom. The molecule has 2 heterocycles. The predicted octanol–water partition coefficient (Wildman–Crippen LogP) is 2.61. The van der Waals surface area contributed by atoms with Gasteiger partial charge in [0.05, 0.1) is 17.1 Å². The first kappa shape index (κ1) is 13.8. The summed E-state index contributed by atoms with van der Waals surface area (Å²) in [4.78, 5) is -0.00273. The monoisotopic (exact) mass is 294 g/mol. The van der Waals surface area contributed by atoms with Crippen LogP contribution in [0.25, 0.3) is 0 Å². The van der Waals surface area contributed by atoms with Crippen molar-refractivity contribution in [1.82, 2.24) is 0 Å². The highest BCUT2D eigenvalue weighted by atomic mass is 32.2. The Hall–Kier alpha value is -1.17. The van der Waals surface area contributed by atoms with Gasteiger partial charge >= 0.3 is 0 Å². The van der Waals surface area contributed by atoms with Gasteiger partial charge in [0.1, 0.15) is 0 Å². The summed E-state index contributed by atoms with van der Waals surface area (Å²) in [6.07, 6.45) is 4.24. The van der Waals surface area contributed by atoms with Crippen LogP contribution in [0.4, 0.5) is 0 Å². The van der Waals surface area contributed by atoms with E-state index in [1.807, 2.05) is 13.0 Å². The maximum Gasteiger partial charge on any atom is 0.294 e. The van der Waals surface area contributed by atoms with Crippen LogP contribution in [0, 0.1) is 19.8 Å². The van der Waals surface area contributed by atoms with Gasteiger partial charge in [0.2, 0.25) is 0 Å². The molecule has 1 N–H and O–H groups in total. The number of ether oxygens (including phenoxy) is 1. The van der Waals surface area contributed by atoms with Crippen molar-refractivity contribution in [3.05, 3.63) is 41.0 Å². The molecular formula is C15H18O4S. The maximum atomic E-state index is 11.5. The number of rotatable bonds is 2. The van der Waals surface area contributed by atoms with E-state index in [4.69, 9.17) is 4.74 Å². The Morgan fingerprint density at radius 2 is 1.80 bits per heavy atom. The van der Waals surface area contributed by atoms with Gasteiger partial charge in [0.15, 0.2) is 0 Å². The second-order valence-electron chi connectivity index (χ2n) is 5.73. The van der Waals surface area contributed by atoms with Gasteiger partial charge in [-0.25, -0.2) is 0 Å². The first-order chi connectivity index (χ1) is 9.30. The first-order valence-corrected chi connectivity index (χ1v) is 8.16. The van der Waals surface area contributed by atoms with E-state index < -0.39 is 10.1 Å². The average Bonchev–Trinajstić information content (AvgIpc) is 2.90. The SMILES string of the molecule is Cc1ccc(S(=O)(=O)O)c(C)c1[C@H]1[C@@H](C)[C@@H]2C=C[C@H]1O2. The van der Waals surface area contributed by atoms with Crippen molar-refractivity contribution >= 4 is 10.1 Å². The van der Waals surface area contributed by atoms with Crippen molar-refractivity contribution < 1.29 is 17.7 Å². The molecule has 1 aromatic rings. The molecule has 0 radical (unpaired) electrons. The largest absolute Gasteiger partial charge is 0.366 e. The van der Waals surface area contributed by atoms with Crippen LogP contribution in [0.2, 0.25) is 0 Å². The van der Waals surface area contributed by atoms with Gasteiger partial charge in [-0.2, -0.15) is 8.42 Å². The number of aryl methyl sites for hydroxylation is 1. The number of benzene rings is 1. The minimum Gasteiger partial charge on any atom is -0.366 e. The van der Waals surface area contributed by atoms with Gasteiger partial charge in [-0.15, -0.1) is 0 Å². The van der Waals surface area contributed by atoms with Crippen LogP contribution < -0.4 is 0 Å². The van der Waals surface area contributed by atoms with Gasteiger partial charge in [-0.1, -0.05) is 25.1 Å². The van der Waals surface area contributed by atoms with Crippen LogP contribution in [0.15, 0.2) is 29.2 Å². The van der Waals surface area contributed by atoms with Crippen LogP contribution in [-0.2, 0) is 14.9 Å². The van der Waals surface area contributed by atoms with E-state index >= 15 is 0 Å². The zero-order valence-corrected chi connectivity index (χ0v) is 12.5. The lowest BCUT2D eigenvalue weighted by Gasteiger charge is -2.26. The van der Waals surface area contributed by atoms with Gasteiger partial charge in [-0.05, 0) is 42.5 Å². The molecule has 5 heteroatoms. The summed E-state index contributed by atoms with van der Waals surface area (Å²) in [5, 5.41) is 0.